The first-order valence-electron chi connectivity index (χ1n) is 12.3. The maximum atomic E-state index is 13.8. The largest absolute Gasteiger partial charge is 0.464 e. The number of unbranched alkanes of at least 4 members (excludes halogenated alkanes) is 2. The van der Waals surface area contributed by atoms with Crippen LogP contribution in [0, 0.1) is 0 Å². The van der Waals surface area contributed by atoms with Gasteiger partial charge in [0.05, 0.1) is 24.2 Å². The van der Waals surface area contributed by atoms with Crippen molar-refractivity contribution in [3.63, 3.8) is 0 Å². The standard InChI is InChI=1S/C29H32N2O4/c1-3-5-19-34-26(32)16-18-29(28(33)35-20-6-4-2)17-15-22-11-7-8-12-23(22)21-31-25-14-10-9-13-24(25)30-27(29)31/h7-18H,3-6,19-21H2,1-2H3/b17-15-,18-16+. The van der Waals surface area contributed by atoms with Gasteiger partial charge < -0.3 is 14.0 Å². The molecule has 0 bridgehead atoms. The van der Waals surface area contributed by atoms with Gasteiger partial charge in [-0.3, -0.25) is 4.79 Å². The molecule has 6 heteroatoms. The summed E-state index contributed by atoms with van der Waals surface area (Å²) in [5, 5.41) is 0. The van der Waals surface area contributed by atoms with E-state index in [9.17, 15) is 9.59 Å². The van der Waals surface area contributed by atoms with Crippen molar-refractivity contribution in [3.05, 3.63) is 83.7 Å². The summed E-state index contributed by atoms with van der Waals surface area (Å²) in [5.41, 5.74) is 2.42. The molecule has 1 aliphatic rings. The van der Waals surface area contributed by atoms with E-state index < -0.39 is 17.4 Å². The van der Waals surface area contributed by atoms with E-state index in [-0.39, 0.29) is 0 Å². The molecule has 0 radical (unpaired) electrons. The van der Waals surface area contributed by atoms with Crippen LogP contribution in [0.1, 0.15) is 56.5 Å². The molecule has 6 nitrogen and oxygen atoms in total. The number of nitrogens with zero attached hydrogens (tertiary/aromatic N) is 2. The number of rotatable bonds is 9. The molecule has 35 heavy (non-hydrogen) atoms. The highest BCUT2D eigenvalue weighted by molar-refractivity contribution is 5.93. The molecule has 182 valence electrons. The first kappa shape index (κ1) is 24.5. The number of para-hydroxylation sites is 2. The smallest absolute Gasteiger partial charge is 0.330 e. The molecule has 1 aliphatic heterocycles. The van der Waals surface area contributed by atoms with Gasteiger partial charge in [-0.05, 0) is 42.2 Å². The highest BCUT2D eigenvalue weighted by Gasteiger charge is 2.43. The molecule has 0 aliphatic carbocycles. The summed E-state index contributed by atoms with van der Waals surface area (Å²) >= 11 is 0. The Morgan fingerprint density at radius 1 is 1.00 bits per heavy atom. The quantitative estimate of drug-likeness (QED) is 0.231. The molecular weight excluding hydrogens is 440 g/mol. The molecule has 2 heterocycles. The van der Waals surface area contributed by atoms with Gasteiger partial charge in [0.25, 0.3) is 0 Å². The lowest BCUT2D eigenvalue weighted by atomic mass is 9.83. The average molecular weight is 473 g/mol. The second kappa shape index (κ2) is 11.2. The van der Waals surface area contributed by atoms with Gasteiger partial charge in [0.1, 0.15) is 5.82 Å². The molecule has 0 saturated heterocycles. The molecule has 1 unspecified atom stereocenters. The number of fused-ring (bicyclic) bond motifs is 4. The molecule has 3 aromatic rings. The van der Waals surface area contributed by atoms with E-state index in [0.29, 0.717) is 25.6 Å². The van der Waals surface area contributed by atoms with Gasteiger partial charge in [-0.2, -0.15) is 0 Å². The van der Waals surface area contributed by atoms with Crippen molar-refractivity contribution in [1.82, 2.24) is 9.55 Å². The second-order valence-electron chi connectivity index (χ2n) is 8.76. The first-order chi connectivity index (χ1) is 17.1. The summed E-state index contributed by atoms with van der Waals surface area (Å²) in [6, 6.07) is 15.9. The Morgan fingerprint density at radius 2 is 1.71 bits per heavy atom. The number of hydrogen-bond donors (Lipinski definition) is 0. The van der Waals surface area contributed by atoms with Crippen molar-refractivity contribution in [2.75, 3.05) is 13.2 Å². The van der Waals surface area contributed by atoms with Crippen LogP contribution < -0.4 is 0 Å². The highest BCUT2D eigenvalue weighted by Crippen LogP contribution is 2.35. The summed E-state index contributed by atoms with van der Waals surface area (Å²) in [7, 11) is 0. The fraction of sp³-hybridized carbons (Fsp3) is 0.345. The van der Waals surface area contributed by atoms with Gasteiger partial charge in [0.15, 0.2) is 5.41 Å². The fourth-order valence-corrected chi connectivity index (χ4v) is 4.21. The molecule has 0 N–H and O–H groups in total. The highest BCUT2D eigenvalue weighted by atomic mass is 16.5. The van der Waals surface area contributed by atoms with Crippen LogP contribution in [-0.2, 0) is 31.0 Å². The molecule has 0 amide bonds. The minimum atomic E-state index is -1.38. The summed E-state index contributed by atoms with van der Waals surface area (Å²) in [6.07, 6.45) is 10.0. The number of esters is 2. The predicted molar refractivity (Wildman–Crippen MR) is 137 cm³/mol. The van der Waals surface area contributed by atoms with Crippen LogP contribution in [0.4, 0.5) is 0 Å². The normalized spacial score (nSPS) is 17.9. The lowest BCUT2D eigenvalue weighted by Crippen LogP contribution is -2.38. The van der Waals surface area contributed by atoms with Crippen LogP contribution in [0.5, 0.6) is 0 Å². The van der Waals surface area contributed by atoms with Crippen LogP contribution in [0.3, 0.4) is 0 Å². The summed E-state index contributed by atoms with van der Waals surface area (Å²) in [5.74, 6) is -0.433. The minimum Gasteiger partial charge on any atom is -0.464 e. The van der Waals surface area contributed by atoms with Crippen molar-refractivity contribution in [2.45, 2.75) is 51.5 Å². The zero-order valence-electron chi connectivity index (χ0n) is 20.4. The van der Waals surface area contributed by atoms with Gasteiger partial charge in [-0.15, -0.1) is 0 Å². The van der Waals surface area contributed by atoms with E-state index in [1.807, 2.05) is 67.0 Å². The lowest BCUT2D eigenvalue weighted by Gasteiger charge is -2.28. The number of ether oxygens (including phenoxy) is 2. The maximum Gasteiger partial charge on any atom is 0.330 e. The summed E-state index contributed by atoms with van der Waals surface area (Å²) in [4.78, 5) is 31.2. The van der Waals surface area contributed by atoms with Gasteiger partial charge in [0, 0.05) is 12.6 Å². The first-order valence-corrected chi connectivity index (χ1v) is 12.3. The number of hydrogen-bond acceptors (Lipinski definition) is 5. The fourth-order valence-electron chi connectivity index (χ4n) is 4.21. The van der Waals surface area contributed by atoms with Gasteiger partial charge in [-0.25, -0.2) is 9.78 Å². The van der Waals surface area contributed by atoms with E-state index in [1.54, 1.807) is 12.2 Å². The molecule has 1 atom stereocenters. The Kier molecular flexibility index (Phi) is 7.80. The molecule has 2 aromatic carbocycles. The lowest BCUT2D eigenvalue weighted by molar-refractivity contribution is -0.147. The van der Waals surface area contributed by atoms with Gasteiger partial charge >= 0.3 is 11.9 Å². The predicted octanol–water partition coefficient (Wildman–Crippen LogP) is 5.59. The van der Waals surface area contributed by atoms with Crippen molar-refractivity contribution in [3.8, 4) is 0 Å². The minimum absolute atomic E-state index is 0.302. The van der Waals surface area contributed by atoms with Crippen LogP contribution in [0.2, 0.25) is 0 Å². The Labute approximate surface area is 206 Å². The molecule has 1 aromatic heterocycles. The van der Waals surface area contributed by atoms with Crippen molar-refractivity contribution in [2.24, 2.45) is 0 Å². The van der Waals surface area contributed by atoms with Crippen LogP contribution in [0.25, 0.3) is 17.1 Å². The summed E-state index contributed by atoms with van der Waals surface area (Å²) < 4.78 is 13.1. The third-order valence-corrected chi connectivity index (χ3v) is 6.23. The average Bonchev–Trinajstić information content (AvgIpc) is 3.22. The zero-order chi connectivity index (χ0) is 24.7. The number of imidazole rings is 1. The Morgan fingerprint density at radius 3 is 2.51 bits per heavy atom. The Bertz CT molecular complexity index is 1260. The van der Waals surface area contributed by atoms with Crippen LogP contribution in [-0.4, -0.2) is 34.7 Å². The second-order valence-corrected chi connectivity index (χ2v) is 8.76. The van der Waals surface area contributed by atoms with Gasteiger partial charge in [0.2, 0.25) is 0 Å². The Hall–Kier alpha value is -3.67. The van der Waals surface area contributed by atoms with E-state index in [2.05, 4.69) is 6.07 Å². The zero-order valence-corrected chi connectivity index (χ0v) is 20.4. The van der Waals surface area contributed by atoms with E-state index >= 15 is 0 Å². The molecule has 0 fully saturated rings. The third-order valence-electron chi connectivity index (χ3n) is 6.23. The maximum absolute atomic E-state index is 13.8. The number of benzene rings is 2. The SMILES string of the molecule is CCCCOC(=O)/C=C/C1(C(=O)OCCCC)/C=C\c2ccccc2Cn2c1nc1ccccc12. The number of carbonyl (C=O) groups is 2. The monoisotopic (exact) mass is 472 g/mol. The number of carbonyl (C=O) groups excluding carboxylic acids is 2. The molecule has 0 saturated carbocycles. The number of aromatic nitrogens is 2. The third kappa shape index (κ3) is 5.21. The van der Waals surface area contributed by atoms with E-state index in [1.165, 1.54) is 6.08 Å². The van der Waals surface area contributed by atoms with E-state index in [0.717, 1.165) is 47.8 Å². The van der Waals surface area contributed by atoms with Crippen molar-refractivity contribution >= 4 is 29.0 Å². The van der Waals surface area contributed by atoms with Crippen molar-refractivity contribution < 1.29 is 19.1 Å². The topological polar surface area (TPSA) is 70.4 Å². The molecule has 4 rings (SSSR count). The van der Waals surface area contributed by atoms with Gasteiger partial charge in [-0.1, -0.05) is 75.2 Å². The van der Waals surface area contributed by atoms with E-state index in [4.69, 9.17) is 14.5 Å². The van der Waals surface area contributed by atoms with Crippen LogP contribution >= 0.6 is 0 Å². The molecule has 0 spiro atoms. The van der Waals surface area contributed by atoms with Crippen molar-refractivity contribution in [1.29, 1.82) is 0 Å². The van der Waals surface area contributed by atoms with Crippen LogP contribution in [0.15, 0.2) is 66.8 Å². The Balaban J connectivity index is 1.88. The molecular formula is C29H32N2O4. The summed E-state index contributed by atoms with van der Waals surface area (Å²) in [6.45, 7) is 5.26.